The Morgan fingerprint density at radius 1 is 1.30 bits per heavy atom. The summed E-state index contributed by atoms with van der Waals surface area (Å²) in [7, 11) is 1.83. The molecule has 5 nitrogen and oxygen atoms in total. The summed E-state index contributed by atoms with van der Waals surface area (Å²) in [5, 5.41) is 12.1. The SMILES string of the molecule is CCC(CC)(C(=O)N(C)CC1CCCCC1)C(N)=NO. The van der Waals surface area contributed by atoms with Gasteiger partial charge in [-0.25, -0.2) is 0 Å². The molecule has 0 bridgehead atoms. The molecule has 0 spiro atoms. The van der Waals surface area contributed by atoms with Crippen LogP contribution in [0.3, 0.4) is 0 Å². The van der Waals surface area contributed by atoms with Gasteiger partial charge in [0.1, 0.15) is 5.41 Å². The van der Waals surface area contributed by atoms with Crippen LogP contribution >= 0.6 is 0 Å². The van der Waals surface area contributed by atoms with Crippen LogP contribution < -0.4 is 5.73 Å². The Morgan fingerprint density at radius 2 is 1.85 bits per heavy atom. The Balaban J connectivity index is 2.78. The fourth-order valence-electron chi connectivity index (χ4n) is 3.33. The molecule has 0 aromatic heterocycles. The average molecular weight is 283 g/mol. The van der Waals surface area contributed by atoms with Crippen LogP contribution in [0.2, 0.25) is 0 Å². The summed E-state index contributed by atoms with van der Waals surface area (Å²) in [4.78, 5) is 14.5. The van der Waals surface area contributed by atoms with Gasteiger partial charge in [-0.15, -0.1) is 0 Å². The highest BCUT2D eigenvalue weighted by molar-refractivity contribution is 6.06. The molecular weight excluding hydrogens is 254 g/mol. The van der Waals surface area contributed by atoms with E-state index in [1.165, 1.54) is 32.1 Å². The van der Waals surface area contributed by atoms with E-state index < -0.39 is 5.41 Å². The van der Waals surface area contributed by atoms with Crippen molar-refractivity contribution >= 4 is 11.7 Å². The molecule has 0 saturated heterocycles. The highest BCUT2D eigenvalue weighted by atomic mass is 16.4. The van der Waals surface area contributed by atoms with Crippen molar-refractivity contribution in [2.24, 2.45) is 22.2 Å². The van der Waals surface area contributed by atoms with Gasteiger partial charge in [0.25, 0.3) is 0 Å². The minimum absolute atomic E-state index is 0.0247. The summed E-state index contributed by atoms with van der Waals surface area (Å²) < 4.78 is 0. The third-order valence-corrected chi connectivity index (χ3v) is 4.82. The maximum atomic E-state index is 12.8. The fraction of sp³-hybridized carbons (Fsp3) is 0.867. The lowest BCUT2D eigenvalue weighted by atomic mass is 9.79. The van der Waals surface area contributed by atoms with Gasteiger partial charge in [-0.3, -0.25) is 4.79 Å². The Kier molecular flexibility index (Phi) is 6.30. The molecule has 0 aromatic carbocycles. The van der Waals surface area contributed by atoms with Crippen LogP contribution in [0.5, 0.6) is 0 Å². The maximum Gasteiger partial charge on any atom is 0.236 e. The first-order chi connectivity index (χ1) is 9.51. The van der Waals surface area contributed by atoms with E-state index in [0.29, 0.717) is 18.8 Å². The van der Waals surface area contributed by atoms with Gasteiger partial charge in [-0.05, 0) is 31.6 Å². The summed E-state index contributed by atoms with van der Waals surface area (Å²) in [5.41, 5.74) is 4.93. The van der Waals surface area contributed by atoms with Crippen LogP contribution in [0.4, 0.5) is 0 Å². The van der Waals surface area contributed by atoms with Crippen molar-refractivity contribution in [1.82, 2.24) is 4.90 Å². The number of carbonyl (C=O) groups is 1. The van der Waals surface area contributed by atoms with E-state index in [4.69, 9.17) is 10.9 Å². The second-order valence-electron chi connectivity index (χ2n) is 5.96. The number of nitrogens with zero attached hydrogens (tertiary/aromatic N) is 2. The van der Waals surface area contributed by atoms with Crippen molar-refractivity contribution in [1.29, 1.82) is 0 Å². The summed E-state index contributed by atoms with van der Waals surface area (Å²) in [6, 6.07) is 0. The van der Waals surface area contributed by atoms with Gasteiger partial charge >= 0.3 is 0 Å². The molecule has 5 heteroatoms. The average Bonchev–Trinajstić information content (AvgIpc) is 2.49. The highest BCUT2D eigenvalue weighted by Gasteiger charge is 2.41. The van der Waals surface area contributed by atoms with Gasteiger partial charge < -0.3 is 15.8 Å². The van der Waals surface area contributed by atoms with Gasteiger partial charge in [-0.2, -0.15) is 0 Å². The molecule has 116 valence electrons. The van der Waals surface area contributed by atoms with Gasteiger partial charge in [0, 0.05) is 13.6 Å². The molecule has 1 rings (SSSR count). The molecule has 0 aromatic rings. The largest absolute Gasteiger partial charge is 0.409 e. The van der Waals surface area contributed by atoms with Crippen molar-refractivity contribution in [3.63, 3.8) is 0 Å². The Hall–Kier alpha value is -1.26. The number of carbonyl (C=O) groups excluding carboxylic acids is 1. The zero-order valence-electron chi connectivity index (χ0n) is 13.1. The lowest BCUT2D eigenvalue weighted by Crippen LogP contribution is -2.50. The predicted molar refractivity (Wildman–Crippen MR) is 80.6 cm³/mol. The van der Waals surface area contributed by atoms with Crippen LogP contribution in [-0.4, -0.2) is 35.4 Å². The first-order valence-corrected chi connectivity index (χ1v) is 7.75. The van der Waals surface area contributed by atoms with Gasteiger partial charge in [0.2, 0.25) is 5.91 Å². The van der Waals surface area contributed by atoms with E-state index in [1.807, 2.05) is 20.9 Å². The standard InChI is InChI=1S/C15H29N3O2/c1-4-15(5-2,13(16)17-20)14(19)18(3)11-12-9-7-6-8-10-12/h12,20H,4-11H2,1-3H3,(H2,16,17). The molecule has 1 fully saturated rings. The molecule has 0 heterocycles. The van der Waals surface area contributed by atoms with Gasteiger partial charge in [0.15, 0.2) is 5.84 Å². The second kappa shape index (κ2) is 7.50. The Bertz CT molecular complexity index is 345. The maximum absolute atomic E-state index is 12.8. The fourth-order valence-corrected chi connectivity index (χ4v) is 3.33. The molecule has 1 saturated carbocycles. The summed E-state index contributed by atoms with van der Waals surface area (Å²) in [6.45, 7) is 4.60. The number of oxime groups is 1. The highest BCUT2D eigenvalue weighted by Crippen LogP contribution is 2.31. The smallest absolute Gasteiger partial charge is 0.236 e. The van der Waals surface area contributed by atoms with E-state index in [0.717, 1.165) is 6.54 Å². The zero-order valence-corrected chi connectivity index (χ0v) is 13.1. The molecule has 0 atom stereocenters. The van der Waals surface area contributed by atoms with E-state index in [1.54, 1.807) is 4.90 Å². The zero-order chi connectivity index (χ0) is 15.2. The van der Waals surface area contributed by atoms with Crippen molar-refractivity contribution in [3.05, 3.63) is 0 Å². The van der Waals surface area contributed by atoms with E-state index in [2.05, 4.69) is 5.16 Å². The molecule has 20 heavy (non-hydrogen) atoms. The van der Waals surface area contributed by atoms with Gasteiger partial charge in [-0.1, -0.05) is 38.3 Å². The van der Waals surface area contributed by atoms with Crippen molar-refractivity contribution < 1.29 is 10.0 Å². The molecule has 1 aliphatic carbocycles. The predicted octanol–water partition coefficient (Wildman–Crippen LogP) is 2.58. The normalized spacial score (nSPS) is 18.1. The molecule has 3 N–H and O–H groups in total. The number of hydrogen-bond acceptors (Lipinski definition) is 3. The first kappa shape index (κ1) is 16.8. The van der Waals surface area contributed by atoms with E-state index >= 15 is 0 Å². The Morgan fingerprint density at radius 3 is 2.30 bits per heavy atom. The monoisotopic (exact) mass is 283 g/mol. The van der Waals surface area contributed by atoms with Crippen LogP contribution in [0, 0.1) is 11.3 Å². The van der Waals surface area contributed by atoms with Gasteiger partial charge in [0.05, 0.1) is 0 Å². The number of amidine groups is 1. The third kappa shape index (κ3) is 3.44. The molecular formula is C15H29N3O2. The van der Waals surface area contributed by atoms with Crippen molar-refractivity contribution in [3.8, 4) is 0 Å². The van der Waals surface area contributed by atoms with E-state index in [-0.39, 0.29) is 11.7 Å². The number of amides is 1. The molecule has 0 unspecified atom stereocenters. The van der Waals surface area contributed by atoms with Crippen molar-refractivity contribution in [2.45, 2.75) is 58.8 Å². The minimum Gasteiger partial charge on any atom is -0.409 e. The van der Waals surface area contributed by atoms with Crippen molar-refractivity contribution in [2.75, 3.05) is 13.6 Å². The van der Waals surface area contributed by atoms with Crippen LogP contribution in [0.1, 0.15) is 58.8 Å². The van der Waals surface area contributed by atoms with Crippen LogP contribution in [0.25, 0.3) is 0 Å². The van der Waals surface area contributed by atoms with E-state index in [9.17, 15) is 4.79 Å². The van der Waals surface area contributed by atoms with Crippen LogP contribution in [-0.2, 0) is 4.79 Å². The summed E-state index contributed by atoms with van der Waals surface area (Å²) in [5.74, 6) is 0.600. The lowest BCUT2D eigenvalue weighted by Gasteiger charge is -2.35. The molecule has 0 aliphatic heterocycles. The lowest BCUT2D eigenvalue weighted by molar-refractivity contribution is -0.138. The number of nitrogens with two attached hydrogens (primary N) is 1. The topological polar surface area (TPSA) is 78.9 Å². The number of hydrogen-bond donors (Lipinski definition) is 2. The molecule has 1 aliphatic rings. The second-order valence-corrected chi connectivity index (χ2v) is 5.96. The molecule has 0 radical (unpaired) electrons. The first-order valence-electron chi connectivity index (χ1n) is 7.75. The minimum atomic E-state index is -0.863. The summed E-state index contributed by atoms with van der Waals surface area (Å²) in [6.07, 6.45) is 7.34. The summed E-state index contributed by atoms with van der Waals surface area (Å²) >= 11 is 0. The Labute approximate surface area is 122 Å². The van der Waals surface area contributed by atoms with Crippen LogP contribution in [0.15, 0.2) is 5.16 Å². The molecule has 1 amide bonds. The third-order valence-electron chi connectivity index (χ3n) is 4.82. The number of rotatable bonds is 6. The quantitative estimate of drug-likeness (QED) is 0.340.